The van der Waals surface area contributed by atoms with Gasteiger partial charge in [-0.3, -0.25) is 9.48 Å². The van der Waals surface area contributed by atoms with Gasteiger partial charge < -0.3 is 15.6 Å². The monoisotopic (exact) mass is 264 g/mol. The minimum atomic E-state index is -0.305. The number of carbonyl (C=O) groups is 1. The smallest absolute Gasteiger partial charge is 0.273 e. The van der Waals surface area contributed by atoms with Crippen LogP contribution in [-0.2, 0) is 13.0 Å². The number of amides is 1. The Morgan fingerprint density at radius 1 is 1.58 bits per heavy atom. The summed E-state index contributed by atoms with van der Waals surface area (Å²) in [6.45, 7) is 4.72. The van der Waals surface area contributed by atoms with E-state index in [9.17, 15) is 4.79 Å². The van der Waals surface area contributed by atoms with Gasteiger partial charge in [0, 0.05) is 25.7 Å². The van der Waals surface area contributed by atoms with E-state index in [1.165, 1.54) is 0 Å². The lowest BCUT2D eigenvalue weighted by Crippen LogP contribution is -2.27. The predicted octanol–water partition coefficient (Wildman–Crippen LogP) is 0.149. The van der Waals surface area contributed by atoms with Crippen molar-refractivity contribution >= 4 is 11.6 Å². The SMILES string of the molecule is CCn1cc(N)c(C(=O)NCCc2nc(C)no2)n1. The fourth-order valence-corrected chi connectivity index (χ4v) is 1.58. The Kier molecular flexibility index (Phi) is 3.79. The third kappa shape index (κ3) is 3.09. The van der Waals surface area contributed by atoms with E-state index in [0.717, 1.165) is 0 Å². The largest absolute Gasteiger partial charge is 0.396 e. The molecule has 8 heteroatoms. The molecule has 0 atom stereocenters. The summed E-state index contributed by atoms with van der Waals surface area (Å²) in [5.74, 6) is 0.762. The number of hydrogen-bond acceptors (Lipinski definition) is 6. The molecule has 0 fully saturated rings. The van der Waals surface area contributed by atoms with E-state index in [2.05, 4.69) is 20.6 Å². The van der Waals surface area contributed by atoms with Crippen molar-refractivity contribution in [3.63, 3.8) is 0 Å². The fourth-order valence-electron chi connectivity index (χ4n) is 1.58. The lowest BCUT2D eigenvalue weighted by atomic mass is 10.3. The van der Waals surface area contributed by atoms with E-state index in [1.54, 1.807) is 17.8 Å². The van der Waals surface area contributed by atoms with Gasteiger partial charge in [-0.25, -0.2) is 0 Å². The van der Waals surface area contributed by atoms with Crippen LogP contribution in [0, 0.1) is 6.92 Å². The van der Waals surface area contributed by atoms with Crippen LogP contribution in [0.4, 0.5) is 5.69 Å². The fraction of sp³-hybridized carbons (Fsp3) is 0.455. The van der Waals surface area contributed by atoms with Gasteiger partial charge in [0.2, 0.25) is 5.89 Å². The molecule has 0 aliphatic carbocycles. The van der Waals surface area contributed by atoms with Crippen LogP contribution in [0.1, 0.15) is 29.1 Å². The molecule has 0 unspecified atom stereocenters. The van der Waals surface area contributed by atoms with E-state index in [-0.39, 0.29) is 11.6 Å². The summed E-state index contributed by atoms with van der Waals surface area (Å²) in [5, 5.41) is 10.5. The first kappa shape index (κ1) is 13.1. The molecular weight excluding hydrogens is 248 g/mol. The zero-order valence-corrected chi connectivity index (χ0v) is 10.9. The molecule has 102 valence electrons. The van der Waals surface area contributed by atoms with Crippen LogP contribution in [-0.4, -0.2) is 32.4 Å². The summed E-state index contributed by atoms with van der Waals surface area (Å²) in [4.78, 5) is 15.9. The molecule has 2 aromatic rings. The van der Waals surface area contributed by atoms with Gasteiger partial charge in [0.15, 0.2) is 11.5 Å². The van der Waals surface area contributed by atoms with Gasteiger partial charge in [-0.15, -0.1) is 0 Å². The van der Waals surface area contributed by atoms with Crippen LogP contribution in [0.3, 0.4) is 0 Å². The molecular formula is C11H16N6O2. The number of nitrogens with two attached hydrogens (primary N) is 1. The van der Waals surface area contributed by atoms with E-state index in [1.807, 2.05) is 6.92 Å². The second-order valence-electron chi connectivity index (χ2n) is 4.03. The molecule has 0 aromatic carbocycles. The summed E-state index contributed by atoms with van der Waals surface area (Å²) in [5.41, 5.74) is 6.33. The number of carbonyl (C=O) groups excluding carboxylic acids is 1. The predicted molar refractivity (Wildman–Crippen MR) is 67.4 cm³/mol. The summed E-state index contributed by atoms with van der Waals surface area (Å²) in [6.07, 6.45) is 2.11. The second kappa shape index (κ2) is 5.51. The Morgan fingerprint density at radius 3 is 2.95 bits per heavy atom. The number of rotatable bonds is 5. The summed E-state index contributed by atoms with van der Waals surface area (Å²) >= 11 is 0. The van der Waals surface area contributed by atoms with Crippen LogP contribution < -0.4 is 11.1 Å². The van der Waals surface area contributed by atoms with Crippen molar-refractivity contribution in [3.05, 3.63) is 23.6 Å². The summed E-state index contributed by atoms with van der Waals surface area (Å²) in [7, 11) is 0. The second-order valence-corrected chi connectivity index (χ2v) is 4.03. The van der Waals surface area contributed by atoms with Crippen LogP contribution in [0.25, 0.3) is 0 Å². The minimum absolute atomic E-state index is 0.239. The molecule has 1 amide bonds. The third-order valence-corrected chi connectivity index (χ3v) is 2.52. The van der Waals surface area contributed by atoms with Crippen molar-refractivity contribution in [2.45, 2.75) is 26.8 Å². The Balaban J connectivity index is 1.88. The van der Waals surface area contributed by atoms with Crippen molar-refractivity contribution < 1.29 is 9.32 Å². The quantitative estimate of drug-likeness (QED) is 0.795. The van der Waals surface area contributed by atoms with Crippen molar-refractivity contribution in [3.8, 4) is 0 Å². The first-order valence-electron chi connectivity index (χ1n) is 6.00. The van der Waals surface area contributed by atoms with E-state index in [4.69, 9.17) is 10.3 Å². The number of hydrogen-bond donors (Lipinski definition) is 2. The average Bonchev–Trinajstić information content (AvgIpc) is 2.95. The number of aromatic nitrogens is 4. The Bertz CT molecular complexity index is 574. The van der Waals surface area contributed by atoms with Crippen molar-refractivity contribution in [1.29, 1.82) is 0 Å². The Labute approximate surface area is 110 Å². The molecule has 0 radical (unpaired) electrons. The molecule has 0 saturated heterocycles. The summed E-state index contributed by atoms with van der Waals surface area (Å²) in [6, 6.07) is 0. The average molecular weight is 264 g/mol. The maximum Gasteiger partial charge on any atom is 0.273 e. The van der Waals surface area contributed by atoms with E-state index in [0.29, 0.717) is 36.9 Å². The van der Waals surface area contributed by atoms with E-state index < -0.39 is 0 Å². The third-order valence-electron chi connectivity index (χ3n) is 2.52. The van der Waals surface area contributed by atoms with Gasteiger partial charge >= 0.3 is 0 Å². The van der Waals surface area contributed by atoms with Gasteiger partial charge in [-0.2, -0.15) is 10.1 Å². The molecule has 0 spiro atoms. The highest BCUT2D eigenvalue weighted by atomic mass is 16.5. The number of anilines is 1. The highest BCUT2D eigenvalue weighted by Gasteiger charge is 2.14. The van der Waals surface area contributed by atoms with Crippen LogP contribution in [0.15, 0.2) is 10.7 Å². The number of nitrogens with one attached hydrogen (secondary N) is 1. The minimum Gasteiger partial charge on any atom is -0.396 e. The highest BCUT2D eigenvalue weighted by Crippen LogP contribution is 2.08. The lowest BCUT2D eigenvalue weighted by molar-refractivity contribution is 0.0948. The molecule has 3 N–H and O–H groups in total. The molecule has 0 aliphatic rings. The van der Waals surface area contributed by atoms with E-state index >= 15 is 0 Å². The molecule has 0 saturated carbocycles. The van der Waals surface area contributed by atoms with Crippen molar-refractivity contribution in [2.24, 2.45) is 0 Å². The van der Waals surface area contributed by atoms with Crippen LogP contribution in [0.2, 0.25) is 0 Å². The molecule has 2 aromatic heterocycles. The zero-order chi connectivity index (χ0) is 13.8. The van der Waals surface area contributed by atoms with Gasteiger partial charge in [-0.05, 0) is 13.8 Å². The van der Waals surface area contributed by atoms with Crippen molar-refractivity contribution in [1.82, 2.24) is 25.2 Å². The van der Waals surface area contributed by atoms with Crippen molar-refractivity contribution in [2.75, 3.05) is 12.3 Å². The highest BCUT2D eigenvalue weighted by molar-refractivity contribution is 5.96. The molecule has 8 nitrogen and oxygen atoms in total. The van der Waals surface area contributed by atoms with Gasteiger partial charge in [-0.1, -0.05) is 5.16 Å². The molecule has 0 bridgehead atoms. The van der Waals surface area contributed by atoms with Gasteiger partial charge in [0.25, 0.3) is 5.91 Å². The number of aryl methyl sites for hydroxylation is 2. The molecule has 2 rings (SSSR count). The Morgan fingerprint density at radius 2 is 2.37 bits per heavy atom. The molecule has 19 heavy (non-hydrogen) atoms. The van der Waals surface area contributed by atoms with Gasteiger partial charge in [0.1, 0.15) is 0 Å². The topological polar surface area (TPSA) is 112 Å². The Hall–Kier alpha value is -2.38. The maximum atomic E-state index is 11.9. The number of nitrogens with zero attached hydrogens (tertiary/aromatic N) is 4. The maximum absolute atomic E-state index is 11.9. The summed E-state index contributed by atoms with van der Waals surface area (Å²) < 4.78 is 6.56. The standard InChI is InChI=1S/C11H16N6O2/c1-3-17-6-8(12)10(15-17)11(18)13-5-4-9-14-7(2)16-19-9/h6H,3-5,12H2,1-2H3,(H,13,18). The van der Waals surface area contributed by atoms with Crippen LogP contribution in [0.5, 0.6) is 0 Å². The zero-order valence-electron chi connectivity index (χ0n) is 10.9. The number of nitrogen functional groups attached to an aromatic ring is 1. The lowest BCUT2D eigenvalue weighted by Gasteiger charge is -2.01. The molecule has 2 heterocycles. The van der Waals surface area contributed by atoms with Gasteiger partial charge in [0.05, 0.1) is 5.69 Å². The van der Waals surface area contributed by atoms with Crippen LogP contribution >= 0.6 is 0 Å². The first-order chi connectivity index (χ1) is 9.10. The molecule has 0 aliphatic heterocycles. The first-order valence-corrected chi connectivity index (χ1v) is 6.00. The normalized spacial score (nSPS) is 10.6.